The third-order valence-corrected chi connectivity index (χ3v) is 2.25. The smallest absolute Gasteiger partial charge is 0.203 e. The van der Waals surface area contributed by atoms with E-state index in [9.17, 15) is 0 Å². The van der Waals surface area contributed by atoms with Crippen LogP contribution < -0.4 is 5.32 Å². The van der Waals surface area contributed by atoms with Crippen LogP contribution in [0.4, 0.5) is 5.95 Å². The molecule has 0 spiro atoms. The fourth-order valence-corrected chi connectivity index (χ4v) is 1.48. The Balaban J connectivity index is 2.32. The highest BCUT2D eigenvalue weighted by atomic mass is 15.2. The Morgan fingerprint density at radius 1 is 1.58 bits per heavy atom. The molecule has 0 bridgehead atoms. The van der Waals surface area contributed by atoms with Gasteiger partial charge in [0, 0.05) is 19.3 Å². The van der Waals surface area contributed by atoms with E-state index >= 15 is 0 Å². The molecule has 12 heavy (non-hydrogen) atoms. The Bertz CT molecular complexity index is 252. The minimum absolute atomic E-state index is 0.532. The fraction of sp³-hybridized carbons (Fsp3) is 0.667. The van der Waals surface area contributed by atoms with Gasteiger partial charge in [-0.1, -0.05) is 13.8 Å². The molecule has 0 atom stereocenters. The lowest BCUT2D eigenvalue weighted by molar-refractivity contribution is 0.627. The summed E-state index contributed by atoms with van der Waals surface area (Å²) in [7, 11) is 0. The summed E-state index contributed by atoms with van der Waals surface area (Å²) in [6.45, 7) is 6.53. The van der Waals surface area contributed by atoms with Gasteiger partial charge in [-0.25, -0.2) is 4.98 Å². The minimum atomic E-state index is 0.532. The molecule has 1 aliphatic rings. The number of anilines is 1. The second-order valence-corrected chi connectivity index (χ2v) is 3.62. The Morgan fingerprint density at radius 3 is 3.08 bits per heavy atom. The van der Waals surface area contributed by atoms with Crippen molar-refractivity contribution < 1.29 is 0 Å². The molecule has 3 nitrogen and oxygen atoms in total. The van der Waals surface area contributed by atoms with E-state index < -0.39 is 0 Å². The van der Waals surface area contributed by atoms with Crippen molar-refractivity contribution in [2.24, 2.45) is 0 Å². The quantitative estimate of drug-likeness (QED) is 0.688. The van der Waals surface area contributed by atoms with Crippen molar-refractivity contribution in [2.45, 2.75) is 32.7 Å². The zero-order valence-corrected chi connectivity index (χ0v) is 7.67. The average molecular weight is 165 g/mol. The van der Waals surface area contributed by atoms with Gasteiger partial charge in [-0.3, -0.25) is 0 Å². The molecule has 0 aromatic carbocycles. The lowest BCUT2D eigenvalue weighted by Crippen LogP contribution is -2.16. The van der Waals surface area contributed by atoms with E-state index in [0.29, 0.717) is 5.92 Å². The van der Waals surface area contributed by atoms with Crippen LogP contribution in [0.25, 0.3) is 0 Å². The standard InChI is InChI=1S/C9H15N3/c1-7(2)8-6-12-5-3-4-10-9(12)11-8/h6-7H,3-5H2,1-2H3,(H,10,11). The maximum absolute atomic E-state index is 4.50. The summed E-state index contributed by atoms with van der Waals surface area (Å²) in [6.07, 6.45) is 3.37. The van der Waals surface area contributed by atoms with Crippen LogP contribution in [0.1, 0.15) is 31.9 Å². The third kappa shape index (κ3) is 1.19. The van der Waals surface area contributed by atoms with Gasteiger partial charge in [0.05, 0.1) is 5.69 Å². The number of fused-ring (bicyclic) bond motifs is 1. The highest BCUT2D eigenvalue weighted by Crippen LogP contribution is 2.19. The number of hydrogen-bond donors (Lipinski definition) is 1. The topological polar surface area (TPSA) is 29.9 Å². The molecular formula is C9H15N3. The molecule has 2 rings (SSSR count). The maximum Gasteiger partial charge on any atom is 0.203 e. The van der Waals surface area contributed by atoms with Crippen LogP contribution in [-0.4, -0.2) is 16.1 Å². The summed E-state index contributed by atoms with van der Waals surface area (Å²) >= 11 is 0. The summed E-state index contributed by atoms with van der Waals surface area (Å²) in [5.74, 6) is 1.58. The Morgan fingerprint density at radius 2 is 2.42 bits per heavy atom. The van der Waals surface area contributed by atoms with Crippen molar-refractivity contribution in [1.82, 2.24) is 9.55 Å². The largest absolute Gasteiger partial charge is 0.356 e. The normalized spacial score (nSPS) is 15.9. The first kappa shape index (κ1) is 7.65. The molecule has 1 aromatic rings. The van der Waals surface area contributed by atoms with Crippen LogP contribution >= 0.6 is 0 Å². The molecular weight excluding hydrogens is 150 g/mol. The fourth-order valence-electron chi connectivity index (χ4n) is 1.48. The van der Waals surface area contributed by atoms with Crippen molar-refractivity contribution in [2.75, 3.05) is 11.9 Å². The van der Waals surface area contributed by atoms with Gasteiger partial charge in [0.15, 0.2) is 0 Å². The number of hydrogen-bond acceptors (Lipinski definition) is 2. The Labute approximate surface area is 72.8 Å². The molecule has 1 aromatic heterocycles. The van der Waals surface area contributed by atoms with Crippen molar-refractivity contribution >= 4 is 5.95 Å². The maximum atomic E-state index is 4.50. The van der Waals surface area contributed by atoms with Crippen molar-refractivity contribution in [1.29, 1.82) is 0 Å². The molecule has 0 radical (unpaired) electrons. The summed E-state index contributed by atoms with van der Waals surface area (Å²) in [5.41, 5.74) is 1.19. The third-order valence-electron chi connectivity index (χ3n) is 2.25. The Kier molecular flexibility index (Phi) is 1.79. The van der Waals surface area contributed by atoms with Crippen molar-refractivity contribution in [3.05, 3.63) is 11.9 Å². The summed E-state index contributed by atoms with van der Waals surface area (Å²) in [6, 6.07) is 0. The molecule has 0 unspecified atom stereocenters. The van der Waals surface area contributed by atoms with E-state index in [-0.39, 0.29) is 0 Å². The molecule has 2 heterocycles. The minimum Gasteiger partial charge on any atom is -0.356 e. The summed E-state index contributed by atoms with van der Waals surface area (Å²) < 4.78 is 2.21. The highest BCUT2D eigenvalue weighted by molar-refractivity contribution is 5.31. The molecule has 0 fully saturated rings. The van der Waals surface area contributed by atoms with Crippen molar-refractivity contribution in [3.63, 3.8) is 0 Å². The average Bonchev–Trinajstić information content (AvgIpc) is 2.46. The number of nitrogens with one attached hydrogen (secondary N) is 1. The number of rotatable bonds is 1. The van der Waals surface area contributed by atoms with E-state index in [1.807, 2.05) is 0 Å². The van der Waals surface area contributed by atoms with Crippen molar-refractivity contribution in [3.8, 4) is 0 Å². The van der Waals surface area contributed by atoms with E-state index in [4.69, 9.17) is 0 Å². The second kappa shape index (κ2) is 2.81. The van der Waals surface area contributed by atoms with Gasteiger partial charge < -0.3 is 9.88 Å². The van der Waals surface area contributed by atoms with E-state index in [1.54, 1.807) is 0 Å². The lowest BCUT2D eigenvalue weighted by Gasteiger charge is -2.14. The molecule has 1 aliphatic heterocycles. The predicted octanol–water partition coefficient (Wildman–Crippen LogP) is 1.82. The van der Waals surface area contributed by atoms with Crippen LogP contribution in [0.15, 0.2) is 6.20 Å². The van der Waals surface area contributed by atoms with Crippen LogP contribution in [0.2, 0.25) is 0 Å². The van der Waals surface area contributed by atoms with Gasteiger partial charge in [0.2, 0.25) is 5.95 Å². The molecule has 66 valence electrons. The SMILES string of the molecule is CC(C)c1cn2c(n1)NCCC2. The van der Waals surface area contributed by atoms with Gasteiger partial charge in [-0.15, -0.1) is 0 Å². The lowest BCUT2D eigenvalue weighted by atomic mass is 10.2. The van der Waals surface area contributed by atoms with Gasteiger partial charge in [-0.05, 0) is 12.3 Å². The highest BCUT2D eigenvalue weighted by Gasteiger charge is 2.12. The zero-order valence-electron chi connectivity index (χ0n) is 7.67. The Hall–Kier alpha value is -0.990. The zero-order chi connectivity index (χ0) is 8.55. The second-order valence-electron chi connectivity index (χ2n) is 3.62. The number of aromatic nitrogens is 2. The van der Waals surface area contributed by atoms with Gasteiger partial charge in [-0.2, -0.15) is 0 Å². The number of nitrogens with zero attached hydrogens (tertiary/aromatic N) is 2. The number of imidazole rings is 1. The van der Waals surface area contributed by atoms with Crippen LogP contribution in [0.5, 0.6) is 0 Å². The summed E-state index contributed by atoms with van der Waals surface area (Å²) in [4.78, 5) is 4.50. The van der Waals surface area contributed by atoms with E-state index in [2.05, 4.69) is 34.9 Å². The van der Waals surface area contributed by atoms with Crippen LogP contribution in [0, 0.1) is 0 Å². The summed E-state index contributed by atoms with van der Waals surface area (Å²) in [5, 5.41) is 3.29. The van der Waals surface area contributed by atoms with Gasteiger partial charge >= 0.3 is 0 Å². The van der Waals surface area contributed by atoms with Crippen LogP contribution in [-0.2, 0) is 6.54 Å². The first-order valence-corrected chi connectivity index (χ1v) is 4.58. The molecule has 0 saturated carbocycles. The van der Waals surface area contributed by atoms with E-state index in [1.165, 1.54) is 12.1 Å². The monoisotopic (exact) mass is 165 g/mol. The van der Waals surface area contributed by atoms with E-state index in [0.717, 1.165) is 19.0 Å². The molecule has 1 N–H and O–H groups in total. The van der Waals surface area contributed by atoms with Gasteiger partial charge in [0.25, 0.3) is 0 Å². The molecule has 0 amide bonds. The van der Waals surface area contributed by atoms with Crippen LogP contribution in [0.3, 0.4) is 0 Å². The first-order chi connectivity index (χ1) is 5.77. The molecule has 3 heteroatoms. The molecule has 0 saturated heterocycles. The van der Waals surface area contributed by atoms with Gasteiger partial charge in [0.1, 0.15) is 0 Å². The molecule has 0 aliphatic carbocycles. The number of aryl methyl sites for hydroxylation is 1. The predicted molar refractivity (Wildman–Crippen MR) is 49.4 cm³/mol. The first-order valence-electron chi connectivity index (χ1n) is 4.58.